The van der Waals surface area contributed by atoms with Crippen molar-refractivity contribution in [2.75, 3.05) is 0 Å². The van der Waals surface area contributed by atoms with Crippen molar-refractivity contribution in [2.45, 2.75) is 6.92 Å². The summed E-state index contributed by atoms with van der Waals surface area (Å²) in [5.74, 6) is 0. The number of nitrogens with two attached hydrogens (primary N) is 1. The highest BCUT2D eigenvalue weighted by Crippen LogP contribution is 2.11. The van der Waals surface area contributed by atoms with Crippen molar-refractivity contribution in [1.82, 2.24) is 19.7 Å². The van der Waals surface area contributed by atoms with Gasteiger partial charge >= 0.3 is 0 Å². The predicted octanol–water partition coefficient (Wildman–Crippen LogP) is -0.227. The van der Waals surface area contributed by atoms with Crippen LogP contribution in [0.5, 0.6) is 0 Å². The summed E-state index contributed by atoms with van der Waals surface area (Å²) in [6.45, 7) is 2.00. The van der Waals surface area contributed by atoms with Crippen LogP contribution in [0, 0.1) is 6.92 Å². The number of aryl methyl sites for hydroxylation is 2. The number of primary amides is 1. The lowest BCUT2D eigenvalue weighted by molar-refractivity contribution is -0.106. The van der Waals surface area contributed by atoms with Crippen LogP contribution < -0.4 is 5.73 Å². The number of fused-ring (bicyclic) bond motifs is 1. The van der Waals surface area contributed by atoms with E-state index in [1.165, 1.54) is 6.33 Å². The van der Waals surface area contributed by atoms with Crippen LogP contribution in [0.4, 0.5) is 0 Å². The normalized spacial score (nSPS) is 9.29. The van der Waals surface area contributed by atoms with Gasteiger partial charge in [0.1, 0.15) is 6.33 Å². The Balaban J connectivity index is 0.000000293. The first-order valence-electron chi connectivity index (χ1n) is 3.95. The maximum Gasteiger partial charge on any atom is 0.204 e. The van der Waals surface area contributed by atoms with Gasteiger partial charge in [0.25, 0.3) is 0 Å². The van der Waals surface area contributed by atoms with Crippen molar-refractivity contribution in [3.8, 4) is 0 Å². The van der Waals surface area contributed by atoms with Crippen LogP contribution in [0.25, 0.3) is 11.0 Å². The third-order valence-corrected chi connectivity index (χ3v) is 1.81. The van der Waals surface area contributed by atoms with E-state index in [4.69, 9.17) is 4.79 Å². The third kappa shape index (κ3) is 1.85. The van der Waals surface area contributed by atoms with Gasteiger partial charge in [-0.15, -0.1) is 0 Å². The molecule has 2 heterocycles. The number of carbonyl (C=O) groups is 1. The average Bonchev–Trinajstić information content (AvgIpc) is 2.45. The highest BCUT2D eigenvalue weighted by atomic mass is 16.1. The smallest absolute Gasteiger partial charge is 0.204 e. The first kappa shape index (κ1) is 10.1. The minimum atomic E-state index is 0.250. The fraction of sp³-hybridized carbons (Fsp3) is 0.250. The van der Waals surface area contributed by atoms with Crippen LogP contribution in [0.3, 0.4) is 0 Å². The Bertz CT molecular complexity index is 436. The Morgan fingerprint density at radius 1 is 1.57 bits per heavy atom. The number of hydrogen-bond acceptors (Lipinski definition) is 4. The number of aromatic nitrogens is 4. The van der Waals surface area contributed by atoms with Crippen LogP contribution in [-0.2, 0) is 11.8 Å². The highest BCUT2D eigenvalue weighted by molar-refractivity contribution is 5.76. The maximum absolute atomic E-state index is 8.58. The van der Waals surface area contributed by atoms with E-state index < -0.39 is 0 Å². The van der Waals surface area contributed by atoms with Crippen LogP contribution in [-0.4, -0.2) is 26.2 Å². The summed E-state index contributed by atoms with van der Waals surface area (Å²) >= 11 is 0. The van der Waals surface area contributed by atoms with E-state index in [1.807, 2.05) is 14.0 Å². The number of amides is 1. The molecule has 0 radical (unpaired) electrons. The fourth-order valence-corrected chi connectivity index (χ4v) is 1.05. The molecule has 14 heavy (non-hydrogen) atoms. The molecule has 1 amide bonds. The summed E-state index contributed by atoms with van der Waals surface area (Å²) in [6, 6.07) is 0. The summed E-state index contributed by atoms with van der Waals surface area (Å²) in [7, 11) is 1.90. The monoisotopic (exact) mass is 193 g/mol. The number of nitrogens with zero attached hydrogens (tertiary/aromatic N) is 4. The number of rotatable bonds is 0. The molecule has 2 aromatic heterocycles. The topological polar surface area (TPSA) is 86.7 Å². The summed E-state index contributed by atoms with van der Waals surface area (Å²) in [5, 5.41) is 5.20. The maximum atomic E-state index is 8.58. The Labute approximate surface area is 80.8 Å². The van der Waals surface area contributed by atoms with Gasteiger partial charge in [-0.05, 0) is 6.92 Å². The molecule has 2 rings (SSSR count). The first-order chi connectivity index (χ1) is 6.70. The largest absolute Gasteiger partial charge is 0.372 e. The van der Waals surface area contributed by atoms with Gasteiger partial charge in [-0.3, -0.25) is 9.48 Å². The minimum Gasteiger partial charge on any atom is -0.372 e. The Kier molecular flexibility index (Phi) is 3.11. The zero-order valence-corrected chi connectivity index (χ0v) is 8.01. The van der Waals surface area contributed by atoms with Gasteiger partial charge in [0.2, 0.25) is 6.41 Å². The van der Waals surface area contributed by atoms with Gasteiger partial charge in [-0.25, -0.2) is 9.97 Å². The van der Waals surface area contributed by atoms with Crippen molar-refractivity contribution < 1.29 is 4.79 Å². The SMILES string of the molecule is Cc1c2cncnc2nn1C.NC=O. The quantitative estimate of drug-likeness (QED) is 0.585. The van der Waals surface area contributed by atoms with Gasteiger partial charge in [0.15, 0.2) is 5.65 Å². The lowest BCUT2D eigenvalue weighted by Gasteiger charge is -1.89. The van der Waals surface area contributed by atoms with Crippen molar-refractivity contribution in [2.24, 2.45) is 12.8 Å². The van der Waals surface area contributed by atoms with Gasteiger partial charge in [0, 0.05) is 18.9 Å². The van der Waals surface area contributed by atoms with Gasteiger partial charge in [-0.2, -0.15) is 5.10 Å². The molecule has 0 aliphatic rings. The lowest BCUT2D eigenvalue weighted by Crippen LogP contribution is -1.91. The van der Waals surface area contributed by atoms with E-state index in [1.54, 1.807) is 10.9 Å². The molecule has 74 valence electrons. The number of carbonyl (C=O) groups excluding carboxylic acids is 1. The zero-order chi connectivity index (χ0) is 10.6. The van der Waals surface area contributed by atoms with Gasteiger partial charge in [0.05, 0.1) is 5.39 Å². The van der Waals surface area contributed by atoms with Crippen molar-refractivity contribution in [1.29, 1.82) is 0 Å². The molecule has 0 aliphatic carbocycles. The van der Waals surface area contributed by atoms with Crippen molar-refractivity contribution >= 4 is 17.4 Å². The summed E-state index contributed by atoms with van der Waals surface area (Å²) in [6.07, 6.45) is 3.54. The molecule has 2 aromatic rings. The summed E-state index contributed by atoms with van der Waals surface area (Å²) < 4.78 is 1.80. The third-order valence-electron chi connectivity index (χ3n) is 1.81. The highest BCUT2D eigenvalue weighted by Gasteiger charge is 2.03. The Hall–Kier alpha value is -1.98. The van der Waals surface area contributed by atoms with E-state index in [0.29, 0.717) is 0 Å². The molecule has 6 heteroatoms. The molecular weight excluding hydrogens is 182 g/mol. The molecular formula is C8H11N5O. The van der Waals surface area contributed by atoms with E-state index in [2.05, 4.69) is 20.8 Å². The van der Waals surface area contributed by atoms with Crippen molar-refractivity contribution in [3.63, 3.8) is 0 Å². The van der Waals surface area contributed by atoms with Gasteiger partial charge < -0.3 is 5.73 Å². The molecule has 0 aromatic carbocycles. The molecule has 0 spiro atoms. The standard InChI is InChI=1S/C7H8N4.CH3NO/c1-5-6-3-8-4-9-7(6)10-11(5)2;2-1-3/h3-4H,1-2H3;1H,(H2,2,3). The second kappa shape index (κ2) is 4.31. The average molecular weight is 193 g/mol. The summed E-state index contributed by atoms with van der Waals surface area (Å²) in [4.78, 5) is 16.5. The fourth-order valence-electron chi connectivity index (χ4n) is 1.05. The molecule has 6 nitrogen and oxygen atoms in total. The molecule has 0 bridgehead atoms. The van der Waals surface area contributed by atoms with Crippen LogP contribution in [0.15, 0.2) is 12.5 Å². The second-order valence-electron chi connectivity index (χ2n) is 2.61. The molecule has 0 saturated carbocycles. The summed E-state index contributed by atoms with van der Waals surface area (Å²) in [5.41, 5.74) is 6.03. The van der Waals surface area contributed by atoms with E-state index in [-0.39, 0.29) is 6.41 Å². The Morgan fingerprint density at radius 2 is 2.21 bits per heavy atom. The lowest BCUT2D eigenvalue weighted by atomic mass is 10.3. The molecule has 0 unspecified atom stereocenters. The predicted molar refractivity (Wildman–Crippen MR) is 51.3 cm³/mol. The molecule has 0 aliphatic heterocycles. The first-order valence-corrected chi connectivity index (χ1v) is 3.95. The van der Waals surface area contributed by atoms with Crippen molar-refractivity contribution in [3.05, 3.63) is 18.2 Å². The Morgan fingerprint density at radius 3 is 2.79 bits per heavy atom. The molecule has 2 N–H and O–H groups in total. The van der Waals surface area contributed by atoms with Gasteiger partial charge in [-0.1, -0.05) is 0 Å². The van der Waals surface area contributed by atoms with E-state index in [0.717, 1.165) is 16.7 Å². The molecule has 0 saturated heterocycles. The molecule has 0 fully saturated rings. The van der Waals surface area contributed by atoms with E-state index in [9.17, 15) is 0 Å². The zero-order valence-electron chi connectivity index (χ0n) is 8.01. The van der Waals surface area contributed by atoms with Crippen LogP contribution in [0.1, 0.15) is 5.69 Å². The van der Waals surface area contributed by atoms with Crippen LogP contribution >= 0.6 is 0 Å². The van der Waals surface area contributed by atoms with Crippen LogP contribution in [0.2, 0.25) is 0 Å². The minimum absolute atomic E-state index is 0.250. The number of hydrogen-bond donors (Lipinski definition) is 1. The van der Waals surface area contributed by atoms with E-state index >= 15 is 0 Å². The molecule has 0 atom stereocenters. The second-order valence-corrected chi connectivity index (χ2v) is 2.61.